The van der Waals surface area contributed by atoms with Gasteiger partial charge in [-0.05, 0) is 53.5 Å². The van der Waals surface area contributed by atoms with Crippen LogP contribution in [0, 0.1) is 0 Å². The van der Waals surface area contributed by atoms with Crippen LogP contribution in [-0.4, -0.2) is 43.3 Å². The van der Waals surface area contributed by atoms with Gasteiger partial charge >= 0.3 is 6.09 Å². The minimum absolute atomic E-state index is 0.114. The number of amides is 2. The Kier molecular flexibility index (Phi) is 17.7. The molecule has 0 aliphatic heterocycles. The zero-order valence-corrected chi connectivity index (χ0v) is 17.5. The molecule has 0 saturated heterocycles. The average Bonchev–Trinajstić information content (AvgIpc) is 2.53. The van der Waals surface area contributed by atoms with Crippen molar-refractivity contribution in [2.45, 2.75) is 91.2 Å². The van der Waals surface area contributed by atoms with Crippen molar-refractivity contribution < 1.29 is 14.3 Å². The van der Waals surface area contributed by atoms with Crippen LogP contribution < -0.4 is 22.1 Å². The number of nitrogens with one attached hydrogen (secondary N) is 2. The molecule has 0 bridgehead atoms. The van der Waals surface area contributed by atoms with Gasteiger partial charge in [-0.3, -0.25) is 4.79 Å². The van der Waals surface area contributed by atoms with Gasteiger partial charge in [-0.2, -0.15) is 0 Å². The van der Waals surface area contributed by atoms with Gasteiger partial charge in [0.05, 0.1) is 6.04 Å². The summed E-state index contributed by atoms with van der Waals surface area (Å²) < 4.78 is 5.12. The van der Waals surface area contributed by atoms with Crippen LogP contribution in [0.4, 0.5) is 4.79 Å². The molecule has 1 unspecified atom stereocenters. The average molecular weight is 375 g/mol. The molecule has 0 heterocycles. The van der Waals surface area contributed by atoms with Crippen molar-refractivity contribution in [2.75, 3.05) is 19.6 Å². The first kappa shape index (κ1) is 26.9. The second-order valence-electron chi connectivity index (χ2n) is 7.42. The Hall–Kier alpha value is -1.34. The van der Waals surface area contributed by atoms with Crippen LogP contribution in [0.25, 0.3) is 0 Å². The summed E-state index contributed by atoms with van der Waals surface area (Å²) in [6.07, 6.45) is 7.22. The number of hydrogen-bond acceptors (Lipinski definition) is 5. The minimum atomic E-state index is -0.456. The molecule has 0 saturated carbocycles. The van der Waals surface area contributed by atoms with Crippen LogP contribution in [0.5, 0.6) is 0 Å². The molecule has 0 aromatic carbocycles. The van der Waals surface area contributed by atoms with Gasteiger partial charge in [0.2, 0.25) is 5.91 Å². The van der Waals surface area contributed by atoms with E-state index in [9.17, 15) is 9.59 Å². The highest BCUT2D eigenvalue weighted by molar-refractivity contribution is 5.80. The van der Waals surface area contributed by atoms with Gasteiger partial charge in [-0.25, -0.2) is 4.79 Å². The molecule has 1 atom stereocenters. The third-order valence-corrected chi connectivity index (χ3v) is 3.29. The van der Waals surface area contributed by atoms with Crippen LogP contribution in [0.2, 0.25) is 0 Å². The third kappa shape index (κ3) is 22.7. The summed E-state index contributed by atoms with van der Waals surface area (Å²) in [6, 6.07) is -0.451. The number of rotatable bonds is 11. The van der Waals surface area contributed by atoms with Gasteiger partial charge in [0.15, 0.2) is 0 Å². The van der Waals surface area contributed by atoms with E-state index in [2.05, 4.69) is 17.6 Å². The summed E-state index contributed by atoms with van der Waals surface area (Å²) in [4.78, 5) is 22.5. The quantitative estimate of drug-likeness (QED) is 0.414. The molecular weight excluding hydrogens is 332 g/mol. The Balaban J connectivity index is 0. The fraction of sp³-hybridized carbons (Fsp3) is 0.895. The molecule has 0 fully saturated rings. The highest BCUT2D eigenvalue weighted by atomic mass is 16.6. The molecule has 0 aromatic heterocycles. The smallest absolute Gasteiger partial charge is 0.407 e. The second kappa shape index (κ2) is 17.1. The van der Waals surface area contributed by atoms with Crippen molar-refractivity contribution in [2.24, 2.45) is 11.5 Å². The molecule has 0 aliphatic carbocycles. The van der Waals surface area contributed by atoms with E-state index >= 15 is 0 Å². The van der Waals surface area contributed by atoms with E-state index in [1.54, 1.807) is 6.92 Å². The molecule has 0 aliphatic rings. The van der Waals surface area contributed by atoms with Crippen molar-refractivity contribution >= 4 is 12.0 Å². The predicted octanol–water partition coefficient (Wildman–Crippen LogP) is 2.67. The lowest BCUT2D eigenvalue weighted by Crippen LogP contribution is -2.38. The monoisotopic (exact) mass is 374 g/mol. The molecule has 6 N–H and O–H groups in total. The molecule has 2 amide bonds. The lowest BCUT2D eigenvalue weighted by atomic mass is 10.2. The van der Waals surface area contributed by atoms with Gasteiger partial charge in [-0.15, -0.1) is 0 Å². The molecule has 156 valence electrons. The standard InChI is InChI=1S/C14H29N3O3.C5H13N/c1-11(15)12(18)16-9-7-5-6-8-10-17-13(19)20-14(2,3)4;1-2-3-4-5-6/h11H,5-10,15H2,1-4H3,(H,16,18)(H,17,19);2-6H2,1H3. The van der Waals surface area contributed by atoms with Crippen LogP contribution in [0.3, 0.4) is 0 Å². The van der Waals surface area contributed by atoms with Gasteiger partial charge < -0.3 is 26.8 Å². The van der Waals surface area contributed by atoms with E-state index in [1.165, 1.54) is 19.3 Å². The first-order chi connectivity index (χ1) is 12.1. The van der Waals surface area contributed by atoms with Crippen LogP contribution in [0.1, 0.15) is 79.6 Å². The van der Waals surface area contributed by atoms with E-state index in [-0.39, 0.29) is 12.0 Å². The Morgan fingerprint density at radius 2 is 1.50 bits per heavy atom. The number of hydrogen-bond donors (Lipinski definition) is 4. The summed E-state index contributed by atoms with van der Waals surface area (Å²) in [7, 11) is 0. The number of alkyl carbamates (subject to hydrolysis) is 1. The summed E-state index contributed by atoms with van der Waals surface area (Å²) in [5.74, 6) is -0.114. The van der Waals surface area contributed by atoms with Crippen LogP contribution in [0.15, 0.2) is 0 Å². The van der Waals surface area contributed by atoms with E-state index in [0.29, 0.717) is 13.1 Å². The van der Waals surface area contributed by atoms with E-state index < -0.39 is 11.6 Å². The fourth-order valence-electron chi connectivity index (χ4n) is 1.88. The lowest BCUT2D eigenvalue weighted by Gasteiger charge is -2.19. The summed E-state index contributed by atoms with van der Waals surface area (Å²) in [5, 5.41) is 5.48. The maximum absolute atomic E-state index is 11.3. The van der Waals surface area contributed by atoms with Crippen LogP contribution in [-0.2, 0) is 9.53 Å². The number of carbonyl (C=O) groups is 2. The SMILES string of the molecule is CC(N)C(=O)NCCCCCCNC(=O)OC(C)(C)C.CCCCCN. The molecule has 0 rings (SSSR count). The normalized spacial score (nSPS) is 11.8. The first-order valence-electron chi connectivity index (χ1n) is 9.84. The molecule has 7 heteroatoms. The van der Waals surface area contributed by atoms with Gasteiger partial charge in [-0.1, -0.05) is 32.6 Å². The van der Waals surface area contributed by atoms with Gasteiger partial charge in [0.1, 0.15) is 5.60 Å². The van der Waals surface area contributed by atoms with E-state index in [4.69, 9.17) is 16.2 Å². The minimum Gasteiger partial charge on any atom is -0.444 e. The molecular formula is C19H42N4O3. The third-order valence-electron chi connectivity index (χ3n) is 3.29. The number of ether oxygens (including phenoxy) is 1. The lowest BCUT2D eigenvalue weighted by molar-refractivity contribution is -0.121. The molecule has 0 spiro atoms. The number of carbonyl (C=O) groups excluding carboxylic acids is 2. The maximum atomic E-state index is 11.3. The van der Waals surface area contributed by atoms with E-state index in [0.717, 1.165) is 32.2 Å². The Bertz CT molecular complexity index is 351. The number of nitrogens with two attached hydrogens (primary N) is 2. The first-order valence-corrected chi connectivity index (χ1v) is 9.84. The van der Waals surface area contributed by atoms with Crippen molar-refractivity contribution in [1.82, 2.24) is 10.6 Å². The molecule has 7 nitrogen and oxygen atoms in total. The second-order valence-corrected chi connectivity index (χ2v) is 7.42. The zero-order chi connectivity index (χ0) is 20.4. The highest BCUT2D eigenvalue weighted by Crippen LogP contribution is 2.06. The summed E-state index contributed by atoms with van der Waals surface area (Å²) >= 11 is 0. The Labute approximate surface area is 160 Å². The largest absolute Gasteiger partial charge is 0.444 e. The Morgan fingerprint density at radius 1 is 0.962 bits per heavy atom. The number of unbranched alkanes of at least 4 members (excludes halogenated alkanes) is 5. The van der Waals surface area contributed by atoms with Crippen LogP contribution >= 0.6 is 0 Å². The molecule has 0 aromatic rings. The fourth-order valence-corrected chi connectivity index (χ4v) is 1.88. The summed E-state index contributed by atoms with van der Waals surface area (Å²) in [6.45, 7) is 11.5. The maximum Gasteiger partial charge on any atom is 0.407 e. The summed E-state index contributed by atoms with van der Waals surface area (Å²) in [5.41, 5.74) is 10.2. The molecule has 26 heavy (non-hydrogen) atoms. The van der Waals surface area contributed by atoms with Gasteiger partial charge in [0, 0.05) is 13.1 Å². The molecule has 0 radical (unpaired) electrons. The highest BCUT2D eigenvalue weighted by Gasteiger charge is 2.15. The Morgan fingerprint density at radius 3 is 1.88 bits per heavy atom. The predicted molar refractivity (Wildman–Crippen MR) is 108 cm³/mol. The topological polar surface area (TPSA) is 119 Å². The van der Waals surface area contributed by atoms with Crippen molar-refractivity contribution in [3.05, 3.63) is 0 Å². The zero-order valence-electron chi connectivity index (χ0n) is 17.5. The van der Waals surface area contributed by atoms with Crippen molar-refractivity contribution in [3.63, 3.8) is 0 Å². The van der Waals surface area contributed by atoms with Crippen molar-refractivity contribution in [1.29, 1.82) is 0 Å². The van der Waals surface area contributed by atoms with Crippen molar-refractivity contribution in [3.8, 4) is 0 Å². The van der Waals surface area contributed by atoms with Gasteiger partial charge in [0.25, 0.3) is 0 Å². The van der Waals surface area contributed by atoms with E-state index in [1.807, 2.05) is 20.8 Å².